The molecule has 1 N–H and O–H groups in total. The molecule has 7 nitrogen and oxygen atoms in total. The van der Waals surface area contributed by atoms with Crippen molar-refractivity contribution in [3.05, 3.63) is 71.8 Å². The molecule has 2 unspecified atom stereocenters. The molecule has 0 amide bonds. The molecular formula is C26H32O7. The average Bonchev–Trinajstić information content (AvgIpc) is 2.81. The zero-order valence-electron chi connectivity index (χ0n) is 19.3. The normalized spacial score (nSPS) is 24.5. The van der Waals surface area contributed by atoms with E-state index in [9.17, 15) is 14.7 Å². The van der Waals surface area contributed by atoms with Gasteiger partial charge in [0.2, 0.25) is 0 Å². The number of hydrogen-bond donors (Lipinski definition) is 1. The van der Waals surface area contributed by atoms with Crippen LogP contribution in [0, 0.1) is 0 Å². The van der Waals surface area contributed by atoms with Gasteiger partial charge in [-0.3, -0.25) is 0 Å². The second kappa shape index (κ2) is 11.9. The lowest BCUT2D eigenvalue weighted by atomic mass is 10.0. The van der Waals surface area contributed by atoms with Crippen LogP contribution in [0.1, 0.15) is 60.7 Å². The van der Waals surface area contributed by atoms with Crippen molar-refractivity contribution >= 4 is 11.9 Å². The molecule has 1 heterocycles. The van der Waals surface area contributed by atoms with E-state index in [0.717, 1.165) is 0 Å². The molecule has 33 heavy (non-hydrogen) atoms. The quantitative estimate of drug-likeness (QED) is 0.567. The van der Waals surface area contributed by atoms with E-state index in [-0.39, 0.29) is 12.5 Å². The topological polar surface area (TPSA) is 91.3 Å². The highest BCUT2D eigenvalue weighted by Crippen LogP contribution is 2.28. The Kier molecular flexibility index (Phi) is 9.00. The summed E-state index contributed by atoms with van der Waals surface area (Å²) in [5, 5.41) is 9.55. The van der Waals surface area contributed by atoms with E-state index >= 15 is 0 Å². The molecule has 2 aromatic rings. The summed E-state index contributed by atoms with van der Waals surface area (Å²) in [6.07, 6.45) is -1.87. The predicted octanol–water partition coefficient (Wildman–Crippen LogP) is 4.14. The van der Waals surface area contributed by atoms with E-state index in [0.29, 0.717) is 24.0 Å². The molecule has 1 fully saturated rings. The number of esters is 2. The monoisotopic (exact) mass is 456 g/mol. The predicted molar refractivity (Wildman–Crippen MR) is 122 cm³/mol. The maximum Gasteiger partial charge on any atom is 0.338 e. The molecule has 0 aliphatic carbocycles. The molecule has 6 atom stereocenters. The molecular weight excluding hydrogens is 424 g/mol. The molecule has 2 aromatic carbocycles. The average molecular weight is 457 g/mol. The van der Waals surface area contributed by atoms with Crippen molar-refractivity contribution in [1.82, 2.24) is 0 Å². The van der Waals surface area contributed by atoms with Crippen molar-refractivity contribution in [3.8, 4) is 0 Å². The Labute approximate surface area is 194 Å². The first-order valence-corrected chi connectivity index (χ1v) is 11.3. The number of carbonyl (C=O) groups excluding carboxylic acids is 2. The van der Waals surface area contributed by atoms with Crippen molar-refractivity contribution in [3.63, 3.8) is 0 Å². The molecule has 0 radical (unpaired) electrons. The van der Waals surface area contributed by atoms with Crippen LogP contribution in [0.2, 0.25) is 0 Å². The van der Waals surface area contributed by atoms with Crippen LogP contribution in [0.5, 0.6) is 0 Å². The Morgan fingerprint density at radius 1 is 0.909 bits per heavy atom. The van der Waals surface area contributed by atoms with Crippen LogP contribution in [0.15, 0.2) is 60.7 Å². The van der Waals surface area contributed by atoms with Crippen molar-refractivity contribution in [2.24, 2.45) is 0 Å². The molecule has 3 rings (SSSR count). The zero-order valence-corrected chi connectivity index (χ0v) is 19.3. The third-order valence-electron chi connectivity index (χ3n) is 5.53. The fourth-order valence-corrected chi connectivity index (χ4v) is 3.62. The number of aliphatic hydroxyl groups is 1. The second-order valence-electron chi connectivity index (χ2n) is 8.44. The second-order valence-corrected chi connectivity index (χ2v) is 8.44. The highest BCUT2D eigenvalue weighted by Gasteiger charge is 2.42. The van der Waals surface area contributed by atoms with Crippen LogP contribution in [0.4, 0.5) is 0 Å². The zero-order chi connectivity index (χ0) is 23.8. The molecule has 1 aliphatic heterocycles. The summed E-state index contributed by atoms with van der Waals surface area (Å²) in [7, 11) is 0. The van der Waals surface area contributed by atoms with Gasteiger partial charge < -0.3 is 24.1 Å². The van der Waals surface area contributed by atoms with Crippen LogP contribution in [0.3, 0.4) is 0 Å². The molecule has 1 saturated heterocycles. The van der Waals surface area contributed by atoms with E-state index in [1.807, 2.05) is 19.1 Å². The van der Waals surface area contributed by atoms with Crippen LogP contribution in [-0.4, -0.2) is 53.9 Å². The molecule has 178 valence electrons. The van der Waals surface area contributed by atoms with Crippen LogP contribution in [-0.2, 0) is 18.9 Å². The lowest BCUT2D eigenvalue weighted by Crippen LogP contribution is -2.51. The molecule has 7 heteroatoms. The minimum absolute atomic E-state index is 0.224. The van der Waals surface area contributed by atoms with Gasteiger partial charge in [-0.15, -0.1) is 0 Å². The summed E-state index contributed by atoms with van der Waals surface area (Å²) >= 11 is 0. The number of benzene rings is 2. The van der Waals surface area contributed by atoms with E-state index < -0.39 is 42.6 Å². The highest BCUT2D eigenvalue weighted by molar-refractivity contribution is 5.90. The number of ether oxygens (including phenoxy) is 4. The van der Waals surface area contributed by atoms with Gasteiger partial charge in [0.1, 0.15) is 6.10 Å². The van der Waals surface area contributed by atoms with Gasteiger partial charge >= 0.3 is 11.9 Å². The lowest BCUT2D eigenvalue weighted by Gasteiger charge is -2.40. The van der Waals surface area contributed by atoms with E-state index in [1.54, 1.807) is 62.4 Å². The van der Waals surface area contributed by atoms with Gasteiger partial charge in [0.05, 0.1) is 29.4 Å². The molecule has 0 aromatic heterocycles. The minimum atomic E-state index is -0.816. The first kappa shape index (κ1) is 24.9. The Balaban J connectivity index is 1.71. The SMILES string of the molecule is CC1OC(O[C@H](C)CC[C@@H](C)O)[C@@H](OC(=O)c2ccccc2)C[C@H]1OC(=O)c1ccccc1. The third kappa shape index (κ3) is 7.39. The molecule has 0 bridgehead atoms. The van der Waals surface area contributed by atoms with Crippen molar-refractivity contribution in [1.29, 1.82) is 0 Å². The number of carbonyl (C=O) groups is 2. The summed E-state index contributed by atoms with van der Waals surface area (Å²) in [5.74, 6) is -0.967. The van der Waals surface area contributed by atoms with E-state index in [2.05, 4.69) is 0 Å². The fourth-order valence-electron chi connectivity index (χ4n) is 3.62. The van der Waals surface area contributed by atoms with Crippen LogP contribution < -0.4 is 0 Å². The summed E-state index contributed by atoms with van der Waals surface area (Å²) in [6.45, 7) is 5.41. The number of rotatable bonds is 9. The Hall–Kier alpha value is -2.74. The largest absolute Gasteiger partial charge is 0.456 e. The van der Waals surface area contributed by atoms with Gasteiger partial charge in [-0.1, -0.05) is 36.4 Å². The van der Waals surface area contributed by atoms with Gasteiger partial charge in [-0.25, -0.2) is 9.59 Å². The number of aliphatic hydroxyl groups excluding tert-OH is 1. The van der Waals surface area contributed by atoms with E-state index in [4.69, 9.17) is 18.9 Å². The van der Waals surface area contributed by atoms with Gasteiger partial charge in [0.25, 0.3) is 0 Å². The van der Waals surface area contributed by atoms with E-state index in [1.165, 1.54) is 0 Å². The third-order valence-corrected chi connectivity index (χ3v) is 5.53. The maximum atomic E-state index is 12.7. The van der Waals surface area contributed by atoms with Crippen LogP contribution in [0.25, 0.3) is 0 Å². The summed E-state index contributed by atoms with van der Waals surface area (Å²) < 4.78 is 23.5. The standard InChI is InChI=1S/C26H32O7/c1-17(27)14-15-18(2)30-26-23(33-25(29)21-12-8-5-9-13-21)16-22(19(3)31-26)32-24(28)20-10-6-4-7-11-20/h4-13,17-19,22-23,26-27H,14-16H2,1-3H3/t17-,18-,19?,22-,23+,26?/m1/s1. The Morgan fingerprint density at radius 2 is 1.42 bits per heavy atom. The van der Waals surface area contributed by atoms with Gasteiger partial charge in [0.15, 0.2) is 12.4 Å². The van der Waals surface area contributed by atoms with Crippen LogP contribution >= 0.6 is 0 Å². The Bertz CT molecular complexity index is 884. The highest BCUT2D eigenvalue weighted by atomic mass is 16.7. The first-order chi connectivity index (χ1) is 15.8. The van der Waals surface area contributed by atoms with Crippen molar-refractivity contribution in [2.75, 3.05) is 0 Å². The molecule has 0 saturated carbocycles. The van der Waals surface area contributed by atoms with Gasteiger partial charge in [-0.05, 0) is 57.9 Å². The first-order valence-electron chi connectivity index (χ1n) is 11.3. The van der Waals surface area contributed by atoms with Crippen molar-refractivity contribution < 1.29 is 33.6 Å². The number of hydrogen-bond acceptors (Lipinski definition) is 7. The lowest BCUT2D eigenvalue weighted by molar-refractivity contribution is -0.272. The summed E-state index contributed by atoms with van der Waals surface area (Å²) in [6, 6.07) is 17.4. The van der Waals surface area contributed by atoms with Gasteiger partial charge in [-0.2, -0.15) is 0 Å². The summed E-state index contributed by atoms with van der Waals surface area (Å²) in [4.78, 5) is 25.3. The van der Waals surface area contributed by atoms with Gasteiger partial charge in [0, 0.05) is 6.42 Å². The smallest absolute Gasteiger partial charge is 0.338 e. The molecule has 0 spiro atoms. The molecule has 1 aliphatic rings. The minimum Gasteiger partial charge on any atom is -0.456 e. The summed E-state index contributed by atoms with van der Waals surface area (Å²) in [5.41, 5.74) is 0.850. The maximum absolute atomic E-state index is 12.7. The van der Waals surface area contributed by atoms with Crippen molar-refractivity contribution in [2.45, 2.75) is 76.8 Å². The Morgan fingerprint density at radius 3 is 1.94 bits per heavy atom. The fraction of sp³-hybridized carbons (Fsp3) is 0.462.